The molecule has 0 atom stereocenters. The number of carbonyl (C=O) groups excluding carboxylic acids is 1. The van der Waals surface area contributed by atoms with E-state index >= 15 is 0 Å². The summed E-state index contributed by atoms with van der Waals surface area (Å²) in [4.78, 5) is 11.9. The maximum absolute atomic E-state index is 12.9. The van der Waals surface area contributed by atoms with E-state index in [4.69, 9.17) is 0 Å². The van der Waals surface area contributed by atoms with Crippen molar-refractivity contribution in [2.24, 2.45) is 0 Å². The van der Waals surface area contributed by atoms with Crippen LogP contribution < -0.4 is 10.6 Å². The summed E-state index contributed by atoms with van der Waals surface area (Å²) < 4.78 is 13.6. The van der Waals surface area contributed by atoms with Crippen LogP contribution in [0.3, 0.4) is 0 Å². The Bertz CT molecular complexity index is 604. The Morgan fingerprint density at radius 3 is 2.95 bits per heavy atom. The monoisotopic (exact) mass is 392 g/mol. The number of halogens is 2. The number of amides is 1. The molecule has 2 N–H and O–H groups in total. The molecule has 0 bridgehead atoms. The number of aromatic nitrogens is 2. The van der Waals surface area contributed by atoms with Crippen LogP contribution >= 0.6 is 33.9 Å². The zero-order valence-corrected chi connectivity index (χ0v) is 12.9. The minimum Gasteiger partial charge on any atom is -0.360 e. The summed E-state index contributed by atoms with van der Waals surface area (Å²) >= 11 is 3.13. The molecule has 5 nitrogen and oxygen atoms in total. The van der Waals surface area contributed by atoms with Gasteiger partial charge in [0.1, 0.15) is 5.82 Å². The average Bonchev–Trinajstić information content (AvgIpc) is 2.82. The molecule has 8 heteroatoms. The predicted octanol–water partition coefficient (Wildman–Crippen LogP) is 2.97. The first-order valence-electron chi connectivity index (χ1n) is 5.44. The van der Waals surface area contributed by atoms with Crippen LogP contribution in [0.25, 0.3) is 0 Å². The lowest BCUT2D eigenvalue weighted by molar-refractivity contribution is 0.102. The van der Waals surface area contributed by atoms with Crippen molar-refractivity contribution >= 4 is 50.7 Å². The number of benzene rings is 1. The fourth-order valence-electron chi connectivity index (χ4n) is 1.30. The first-order chi connectivity index (χ1) is 9.10. The molecular formula is C11H10FIN4OS. The molecule has 100 valence electrons. The molecule has 1 aromatic heterocycles. The van der Waals surface area contributed by atoms with Gasteiger partial charge in [-0.15, -0.1) is 10.2 Å². The molecule has 0 fully saturated rings. The van der Waals surface area contributed by atoms with E-state index in [1.54, 1.807) is 0 Å². The first-order valence-corrected chi connectivity index (χ1v) is 7.33. The van der Waals surface area contributed by atoms with Crippen molar-refractivity contribution < 1.29 is 9.18 Å². The highest BCUT2D eigenvalue weighted by atomic mass is 127. The number of anilines is 2. The van der Waals surface area contributed by atoms with E-state index in [1.807, 2.05) is 29.5 Å². The molecule has 0 saturated carbocycles. The van der Waals surface area contributed by atoms with E-state index in [9.17, 15) is 9.18 Å². The van der Waals surface area contributed by atoms with Crippen molar-refractivity contribution in [3.63, 3.8) is 0 Å². The first kappa shape index (κ1) is 14.1. The number of nitrogens with zero attached hydrogens (tertiary/aromatic N) is 2. The second kappa shape index (κ2) is 6.24. The van der Waals surface area contributed by atoms with Crippen LogP contribution in [0.5, 0.6) is 0 Å². The minimum absolute atomic E-state index is 0.260. The summed E-state index contributed by atoms with van der Waals surface area (Å²) in [5.41, 5.74) is 0.548. The highest BCUT2D eigenvalue weighted by Crippen LogP contribution is 2.21. The summed E-state index contributed by atoms with van der Waals surface area (Å²) in [7, 11) is 0. The number of hydrogen-bond donors (Lipinski definition) is 2. The third-order valence-corrected chi connectivity index (χ3v) is 3.90. The largest absolute Gasteiger partial charge is 0.360 e. The fourth-order valence-corrected chi connectivity index (χ4v) is 2.62. The van der Waals surface area contributed by atoms with E-state index in [2.05, 4.69) is 20.8 Å². The van der Waals surface area contributed by atoms with E-state index < -0.39 is 0 Å². The van der Waals surface area contributed by atoms with E-state index in [0.717, 1.165) is 0 Å². The Morgan fingerprint density at radius 1 is 1.47 bits per heavy atom. The molecule has 1 heterocycles. The van der Waals surface area contributed by atoms with Gasteiger partial charge in [0.15, 0.2) is 0 Å². The SMILES string of the molecule is CCNc1nnc(C(=O)Nc2ccc(F)cc2I)s1. The van der Waals surface area contributed by atoms with Gasteiger partial charge in [0.25, 0.3) is 5.91 Å². The van der Waals surface area contributed by atoms with Gasteiger partial charge in [-0.3, -0.25) is 4.79 Å². The molecule has 0 spiro atoms. The van der Waals surface area contributed by atoms with Gasteiger partial charge in [0.2, 0.25) is 10.1 Å². The van der Waals surface area contributed by atoms with Crippen LogP contribution in [0.4, 0.5) is 15.2 Å². The van der Waals surface area contributed by atoms with Crippen molar-refractivity contribution in [2.45, 2.75) is 6.92 Å². The molecule has 0 aliphatic carbocycles. The quantitative estimate of drug-likeness (QED) is 0.786. The smallest absolute Gasteiger partial charge is 0.286 e. The summed E-state index contributed by atoms with van der Waals surface area (Å²) in [6.45, 7) is 2.65. The molecular weight excluding hydrogens is 382 g/mol. The molecule has 19 heavy (non-hydrogen) atoms. The molecule has 1 aromatic carbocycles. The summed E-state index contributed by atoms with van der Waals surface area (Å²) in [6.07, 6.45) is 0. The van der Waals surface area contributed by atoms with Crippen molar-refractivity contribution in [1.29, 1.82) is 0 Å². The Kier molecular flexibility index (Phi) is 4.64. The topological polar surface area (TPSA) is 66.9 Å². The van der Waals surface area contributed by atoms with Gasteiger partial charge < -0.3 is 10.6 Å². The molecule has 2 rings (SSSR count). The second-order valence-corrected chi connectivity index (χ2v) is 5.66. The van der Waals surface area contributed by atoms with Crippen molar-refractivity contribution in [2.75, 3.05) is 17.2 Å². The van der Waals surface area contributed by atoms with Gasteiger partial charge in [-0.05, 0) is 47.7 Å². The van der Waals surface area contributed by atoms with E-state index in [-0.39, 0.29) is 16.7 Å². The molecule has 2 aromatic rings. The summed E-state index contributed by atoms with van der Waals surface area (Å²) in [5, 5.41) is 14.1. The lowest BCUT2D eigenvalue weighted by Gasteiger charge is -2.05. The fraction of sp³-hybridized carbons (Fsp3) is 0.182. The number of rotatable bonds is 4. The maximum atomic E-state index is 12.9. The predicted molar refractivity (Wildman–Crippen MR) is 81.1 cm³/mol. The number of nitrogens with one attached hydrogen (secondary N) is 2. The van der Waals surface area contributed by atoms with Crippen molar-refractivity contribution in [3.05, 3.63) is 32.6 Å². The van der Waals surface area contributed by atoms with Gasteiger partial charge >= 0.3 is 0 Å². The number of carbonyl (C=O) groups is 1. The van der Waals surface area contributed by atoms with Crippen LogP contribution in [0.1, 0.15) is 16.7 Å². The molecule has 0 aliphatic heterocycles. The molecule has 0 unspecified atom stereocenters. The van der Waals surface area contributed by atoms with Crippen molar-refractivity contribution in [3.8, 4) is 0 Å². The minimum atomic E-state index is -0.355. The molecule has 1 amide bonds. The Labute approximate surface area is 126 Å². The third-order valence-electron chi connectivity index (χ3n) is 2.13. The summed E-state index contributed by atoms with van der Waals surface area (Å²) in [5.74, 6) is -0.695. The van der Waals surface area contributed by atoms with Gasteiger partial charge in [-0.2, -0.15) is 0 Å². The van der Waals surface area contributed by atoms with Crippen LogP contribution in [0.2, 0.25) is 0 Å². The summed E-state index contributed by atoms with van der Waals surface area (Å²) in [6, 6.07) is 4.16. The lowest BCUT2D eigenvalue weighted by Crippen LogP contribution is -2.12. The zero-order chi connectivity index (χ0) is 13.8. The maximum Gasteiger partial charge on any atom is 0.286 e. The van der Waals surface area contributed by atoms with Crippen LogP contribution in [0, 0.1) is 9.39 Å². The van der Waals surface area contributed by atoms with Crippen molar-refractivity contribution in [1.82, 2.24) is 10.2 Å². The third kappa shape index (κ3) is 3.60. The van der Waals surface area contributed by atoms with E-state index in [1.165, 1.54) is 29.5 Å². The second-order valence-electron chi connectivity index (χ2n) is 3.52. The molecule has 0 aliphatic rings. The lowest BCUT2D eigenvalue weighted by atomic mass is 10.3. The Hall–Kier alpha value is -1.29. The highest BCUT2D eigenvalue weighted by Gasteiger charge is 2.14. The molecule has 0 saturated heterocycles. The Morgan fingerprint density at radius 2 is 2.26 bits per heavy atom. The zero-order valence-electron chi connectivity index (χ0n) is 9.91. The van der Waals surface area contributed by atoms with E-state index in [0.29, 0.717) is 20.9 Å². The van der Waals surface area contributed by atoms with Crippen LogP contribution in [0.15, 0.2) is 18.2 Å². The van der Waals surface area contributed by atoms with Gasteiger partial charge in [0, 0.05) is 10.1 Å². The normalized spacial score (nSPS) is 10.3. The van der Waals surface area contributed by atoms with Gasteiger partial charge in [-0.25, -0.2) is 4.39 Å². The van der Waals surface area contributed by atoms with Crippen LogP contribution in [-0.4, -0.2) is 22.6 Å². The average molecular weight is 392 g/mol. The van der Waals surface area contributed by atoms with Gasteiger partial charge in [0.05, 0.1) is 5.69 Å². The standard InChI is InChI=1S/C11H10FIN4OS/c1-2-14-11-17-16-10(19-11)9(18)15-8-4-3-6(12)5-7(8)13/h3-5H,2H2,1H3,(H,14,17)(H,15,18). The number of hydrogen-bond acceptors (Lipinski definition) is 5. The molecule has 0 radical (unpaired) electrons. The van der Waals surface area contributed by atoms with Crippen LogP contribution in [-0.2, 0) is 0 Å². The Balaban J connectivity index is 2.11. The van der Waals surface area contributed by atoms with Gasteiger partial charge in [-0.1, -0.05) is 11.3 Å². The highest BCUT2D eigenvalue weighted by molar-refractivity contribution is 14.1.